The summed E-state index contributed by atoms with van der Waals surface area (Å²) in [6.07, 6.45) is 5.26. The van der Waals surface area contributed by atoms with Gasteiger partial charge in [0.2, 0.25) is 0 Å². The number of rotatable bonds is 4. The Bertz CT molecular complexity index is 488. The lowest BCUT2D eigenvalue weighted by Gasteiger charge is -2.02. The van der Waals surface area contributed by atoms with Gasteiger partial charge in [-0.05, 0) is 65.0 Å². The van der Waals surface area contributed by atoms with Crippen LogP contribution < -0.4 is 5.73 Å². The second kappa shape index (κ2) is 5.02. The molecule has 0 aliphatic rings. The lowest BCUT2D eigenvalue weighted by atomic mass is 10.0. The first-order valence-corrected chi connectivity index (χ1v) is 6.54. The Morgan fingerprint density at radius 1 is 1.38 bits per heavy atom. The van der Waals surface area contributed by atoms with Gasteiger partial charge in [0.25, 0.3) is 0 Å². The molecule has 0 saturated heterocycles. The molecule has 2 rings (SSSR count). The molecular formula is C13H17BrN2. The first-order valence-electron chi connectivity index (χ1n) is 5.74. The number of hydrogen-bond acceptors (Lipinski definition) is 1. The molecule has 16 heavy (non-hydrogen) atoms. The summed E-state index contributed by atoms with van der Waals surface area (Å²) < 4.78 is 1.15. The van der Waals surface area contributed by atoms with Gasteiger partial charge in [0.05, 0.1) is 5.52 Å². The van der Waals surface area contributed by atoms with Crippen LogP contribution in [0.1, 0.15) is 24.5 Å². The Kier molecular flexibility index (Phi) is 3.66. The van der Waals surface area contributed by atoms with Crippen LogP contribution in [-0.4, -0.2) is 11.5 Å². The van der Waals surface area contributed by atoms with Crippen molar-refractivity contribution in [3.8, 4) is 0 Å². The van der Waals surface area contributed by atoms with Gasteiger partial charge in [-0.1, -0.05) is 6.92 Å². The van der Waals surface area contributed by atoms with Gasteiger partial charge < -0.3 is 10.7 Å². The van der Waals surface area contributed by atoms with Gasteiger partial charge in [0.15, 0.2) is 0 Å². The SMILES string of the molecule is CCc1cc(Br)c2[nH]cc(CCCN)c2c1. The Labute approximate surface area is 104 Å². The molecule has 1 aromatic carbocycles. The van der Waals surface area contributed by atoms with Crippen LogP contribution in [0.5, 0.6) is 0 Å². The van der Waals surface area contributed by atoms with E-state index >= 15 is 0 Å². The van der Waals surface area contributed by atoms with Crippen molar-refractivity contribution in [2.75, 3.05) is 6.54 Å². The van der Waals surface area contributed by atoms with E-state index < -0.39 is 0 Å². The molecule has 2 aromatic rings. The molecule has 3 N–H and O–H groups in total. The molecule has 0 atom stereocenters. The highest BCUT2D eigenvalue weighted by atomic mass is 79.9. The Morgan fingerprint density at radius 2 is 2.19 bits per heavy atom. The quantitative estimate of drug-likeness (QED) is 0.886. The van der Waals surface area contributed by atoms with Crippen LogP contribution >= 0.6 is 15.9 Å². The molecule has 3 heteroatoms. The van der Waals surface area contributed by atoms with Gasteiger partial charge >= 0.3 is 0 Å². The fourth-order valence-electron chi connectivity index (χ4n) is 2.00. The highest BCUT2D eigenvalue weighted by molar-refractivity contribution is 9.10. The van der Waals surface area contributed by atoms with Crippen molar-refractivity contribution in [2.24, 2.45) is 5.73 Å². The molecule has 0 unspecified atom stereocenters. The molecular weight excluding hydrogens is 264 g/mol. The molecule has 2 nitrogen and oxygen atoms in total. The van der Waals surface area contributed by atoms with Crippen LogP contribution in [0, 0.1) is 0 Å². The number of hydrogen-bond donors (Lipinski definition) is 2. The average Bonchev–Trinajstić information content (AvgIpc) is 2.70. The van der Waals surface area contributed by atoms with E-state index in [4.69, 9.17) is 5.73 Å². The molecule has 0 saturated carbocycles. The number of fused-ring (bicyclic) bond motifs is 1. The molecule has 1 aromatic heterocycles. The third kappa shape index (κ3) is 2.15. The van der Waals surface area contributed by atoms with Crippen LogP contribution in [-0.2, 0) is 12.8 Å². The summed E-state index contributed by atoms with van der Waals surface area (Å²) in [4.78, 5) is 3.33. The minimum Gasteiger partial charge on any atom is -0.360 e. The maximum Gasteiger partial charge on any atom is 0.0601 e. The summed E-state index contributed by atoms with van der Waals surface area (Å²) in [5.74, 6) is 0. The van der Waals surface area contributed by atoms with Crippen molar-refractivity contribution in [3.05, 3.63) is 33.9 Å². The van der Waals surface area contributed by atoms with Crippen molar-refractivity contribution < 1.29 is 0 Å². The smallest absolute Gasteiger partial charge is 0.0601 e. The van der Waals surface area contributed by atoms with Crippen LogP contribution in [0.25, 0.3) is 10.9 Å². The largest absolute Gasteiger partial charge is 0.360 e. The van der Waals surface area contributed by atoms with Crippen LogP contribution in [0.4, 0.5) is 0 Å². The molecule has 86 valence electrons. The Morgan fingerprint density at radius 3 is 2.88 bits per heavy atom. The number of halogens is 1. The van der Waals surface area contributed by atoms with Crippen LogP contribution in [0.15, 0.2) is 22.8 Å². The first-order chi connectivity index (χ1) is 7.76. The fraction of sp³-hybridized carbons (Fsp3) is 0.385. The average molecular weight is 281 g/mol. The lowest BCUT2D eigenvalue weighted by Crippen LogP contribution is -1.99. The van der Waals surface area contributed by atoms with Gasteiger partial charge in [0, 0.05) is 16.1 Å². The van der Waals surface area contributed by atoms with Crippen LogP contribution in [0.2, 0.25) is 0 Å². The van der Waals surface area contributed by atoms with E-state index in [1.54, 1.807) is 0 Å². The summed E-state index contributed by atoms with van der Waals surface area (Å²) in [5, 5.41) is 1.33. The topological polar surface area (TPSA) is 41.8 Å². The predicted molar refractivity (Wildman–Crippen MR) is 72.8 cm³/mol. The second-order valence-corrected chi connectivity index (χ2v) is 4.91. The molecule has 0 aliphatic carbocycles. The standard InChI is InChI=1S/C13H17BrN2/c1-2-9-6-11-10(4-3-5-15)8-16-13(11)12(14)7-9/h6-8,16H,2-5,15H2,1H3. The van der Waals surface area contributed by atoms with Gasteiger partial charge in [-0.15, -0.1) is 0 Å². The summed E-state index contributed by atoms with van der Waals surface area (Å²) in [6.45, 7) is 2.93. The maximum atomic E-state index is 5.56. The van der Waals surface area contributed by atoms with Crippen molar-refractivity contribution in [3.63, 3.8) is 0 Å². The van der Waals surface area contributed by atoms with Crippen molar-refractivity contribution >= 4 is 26.8 Å². The number of aromatic nitrogens is 1. The zero-order valence-corrected chi connectivity index (χ0v) is 11.1. The lowest BCUT2D eigenvalue weighted by molar-refractivity contribution is 0.837. The molecule has 0 amide bonds. The summed E-state index contributed by atoms with van der Waals surface area (Å²) in [7, 11) is 0. The summed E-state index contributed by atoms with van der Waals surface area (Å²) in [6, 6.07) is 4.47. The normalized spacial score (nSPS) is 11.2. The van der Waals surface area contributed by atoms with E-state index in [1.165, 1.54) is 22.0 Å². The van der Waals surface area contributed by atoms with Gasteiger partial charge in [0.1, 0.15) is 0 Å². The number of nitrogens with one attached hydrogen (secondary N) is 1. The van der Waals surface area contributed by atoms with Crippen molar-refractivity contribution in [2.45, 2.75) is 26.2 Å². The molecule has 1 heterocycles. The maximum absolute atomic E-state index is 5.56. The van der Waals surface area contributed by atoms with E-state index in [0.717, 1.165) is 30.3 Å². The fourth-order valence-corrected chi connectivity index (χ4v) is 2.63. The Hall–Kier alpha value is -0.800. The summed E-state index contributed by atoms with van der Waals surface area (Å²) >= 11 is 3.61. The first kappa shape index (κ1) is 11.7. The highest BCUT2D eigenvalue weighted by Gasteiger charge is 2.07. The molecule has 0 spiro atoms. The highest BCUT2D eigenvalue weighted by Crippen LogP contribution is 2.28. The number of aryl methyl sites for hydroxylation is 2. The third-order valence-corrected chi connectivity index (χ3v) is 3.57. The predicted octanol–water partition coefficient (Wildman–Crippen LogP) is 3.38. The van der Waals surface area contributed by atoms with Gasteiger partial charge in [-0.3, -0.25) is 0 Å². The molecule has 0 aliphatic heterocycles. The Balaban J connectivity index is 2.47. The summed E-state index contributed by atoms with van der Waals surface area (Å²) in [5.41, 5.74) is 9.49. The van der Waals surface area contributed by atoms with E-state index in [0.29, 0.717) is 0 Å². The minimum absolute atomic E-state index is 0.751. The van der Waals surface area contributed by atoms with E-state index in [2.05, 4.69) is 46.2 Å². The molecule has 0 fully saturated rings. The number of aromatic amines is 1. The molecule has 0 radical (unpaired) electrons. The van der Waals surface area contributed by atoms with Gasteiger partial charge in [-0.25, -0.2) is 0 Å². The van der Waals surface area contributed by atoms with Crippen molar-refractivity contribution in [1.82, 2.24) is 4.98 Å². The zero-order valence-electron chi connectivity index (χ0n) is 9.52. The van der Waals surface area contributed by atoms with E-state index in [-0.39, 0.29) is 0 Å². The van der Waals surface area contributed by atoms with E-state index in [9.17, 15) is 0 Å². The second-order valence-electron chi connectivity index (χ2n) is 4.06. The number of benzene rings is 1. The van der Waals surface area contributed by atoms with Crippen molar-refractivity contribution in [1.29, 1.82) is 0 Å². The van der Waals surface area contributed by atoms with Gasteiger partial charge in [-0.2, -0.15) is 0 Å². The monoisotopic (exact) mass is 280 g/mol. The zero-order chi connectivity index (χ0) is 11.5. The number of nitrogens with two attached hydrogens (primary N) is 1. The van der Waals surface area contributed by atoms with Crippen LogP contribution in [0.3, 0.4) is 0 Å². The number of H-pyrrole nitrogens is 1. The third-order valence-electron chi connectivity index (χ3n) is 2.95. The minimum atomic E-state index is 0.751. The van der Waals surface area contributed by atoms with E-state index in [1.807, 2.05) is 0 Å². The molecule has 0 bridgehead atoms.